The van der Waals surface area contributed by atoms with Crippen molar-refractivity contribution in [2.45, 2.75) is 0 Å². The van der Waals surface area contributed by atoms with Crippen LogP contribution in [0, 0.1) is 0 Å². The molecule has 0 aliphatic heterocycles. The lowest BCUT2D eigenvalue weighted by molar-refractivity contribution is 0.483. The topological polar surface area (TPSA) is 33.6 Å². The molecule has 120 valence electrons. The van der Waals surface area contributed by atoms with Gasteiger partial charge in [-0.15, -0.1) is 0 Å². The van der Waals surface area contributed by atoms with Crippen LogP contribution in [-0.2, 0) is 0 Å². The quantitative estimate of drug-likeness (QED) is 0.434. The molecule has 0 saturated carbocycles. The largest absolute Gasteiger partial charge is 0.456 e. The highest BCUT2D eigenvalue weighted by molar-refractivity contribution is 6.35. The number of nitrogens with one attached hydrogen (secondary N) is 1. The summed E-state index contributed by atoms with van der Waals surface area (Å²) in [7, 11) is 0. The van der Waals surface area contributed by atoms with Crippen LogP contribution in [0.15, 0.2) is 77.9 Å². The Morgan fingerprint density at radius 3 is 2.33 bits per heavy atom. The van der Waals surface area contributed by atoms with E-state index in [1.165, 1.54) is 0 Å². The SMILES string of the molecule is Clc1ccc(Oc2ccc(C=NNc3ccccc3)cc2)c(Cl)c1. The van der Waals surface area contributed by atoms with E-state index < -0.39 is 0 Å². The Morgan fingerprint density at radius 2 is 1.62 bits per heavy atom. The lowest BCUT2D eigenvalue weighted by Crippen LogP contribution is -1.90. The predicted octanol–water partition coefficient (Wildman–Crippen LogP) is 6.23. The van der Waals surface area contributed by atoms with Gasteiger partial charge in [0.15, 0.2) is 0 Å². The summed E-state index contributed by atoms with van der Waals surface area (Å²) in [4.78, 5) is 0. The molecule has 0 unspecified atom stereocenters. The molecule has 0 fully saturated rings. The zero-order valence-corrected chi connectivity index (χ0v) is 14.1. The maximum Gasteiger partial charge on any atom is 0.146 e. The molecule has 0 saturated heterocycles. The van der Waals surface area contributed by atoms with E-state index in [0.717, 1.165) is 11.3 Å². The van der Waals surface area contributed by atoms with Gasteiger partial charge in [-0.2, -0.15) is 5.10 Å². The van der Waals surface area contributed by atoms with Crippen molar-refractivity contribution in [2.75, 3.05) is 5.43 Å². The predicted molar refractivity (Wildman–Crippen MR) is 101 cm³/mol. The minimum absolute atomic E-state index is 0.472. The molecule has 0 heterocycles. The van der Waals surface area contributed by atoms with Gasteiger partial charge < -0.3 is 4.74 Å². The molecule has 5 heteroatoms. The Morgan fingerprint density at radius 1 is 0.875 bits per heavy atom. The molecule has 3 rings (SSSR count). The lowest BCUT2D eigenvalue weighted by Gasteiger charge is -2.08. The van der Waals surface area contributed by atoms with E-state index in [-0.39, 0.29) is 0 Å². The summed E-state index contributed by atoms with van der Waals surface area (Å²) in [5.74, 6) is 1.25. The molecule has 3 aromatic rings. The van der Waals surface area contributed by atoms with Gasteiger partial charge in [0.2, 0.25) is 0 Å². The van der Waals surface area contributed by atoms with E-state index in [9.17, 15) is 0 Å². The van der Waals surface area contributed by atoms with Crippen molar-refractivity contribution in [3.05, 3.63) is 88.4 Å². The molecule has 0 bridgehead atoms. The van der Waals surface area contributed by atoms with Crippen molar-refractivity contribution in [3.8, 4) is 11.5 Å². The first-order valence-electron chi connectivity index (χ1n) is 7.28. The van der Waals surface area contributed by atoms with Crippen molar-refractivity contribution < 1.29 is 4.74 Å². The molecule has 1 N–H and O–H groups in total. The Balaban J connectivity index is 1.63. The highest BCUT2D eigenvalue weighted by Gasteiger charge is 2.03. The molecule has 3 aromatic carbocycles. The Kier molecular flexibility index (Phi) is 5.36. The third-order valence-electron chi connectivity index (χ3n) is 3.18. The van der Waals surface area contributed by atoms with E-state index in [0.29, 0.717) is 21.5 Å². The van der Waals surface area contributed by atoms with Crippen molar-refractivity contribution >= 4 is 35.1 Å². The molecule has 0 atom stereocenters. The van der Waals surface area contributed by atoms with Crippen LogP contribution < -0.4 is 10.2 Å². The highest BCUT2D eigenvalue weighted by Crippen LogP contribution is 2.31. The first-order valence-corrected chi connectivity index (χ1v) is 8.03. The Bertz CT molecular complexity index is 834. The van der Waals surface area contributed by atoms with Crippen LogP contribution in [0.1, 0.15) is 5.56 Å². The normalized spacial score (nSPS) is 10.8. The molecular weight excluding hydrogens is 343 g/mol. The van der Waals surface area contributed by atoms with E-state index in [4.69, 9.17) is 27.9 Å². The second-order valence-electron chi connectivity index (χ2n) is 4.98. The maximum absolute atomic E-state index is 6.10. The number of hydrazone groups is 1. The molecule has 3 nitrogen and oxygen atoms in total. The van der Waals surface area contributed by atoms with Gasteiger partial charge in [-0.25, -0.2) is 0 Å². The van der Waals surface area contributed by atoms with Gasteiger partial charge in [0.1, 0.15) is 11.5 Å². The molecule has 0 aliphatic rings. The summed E-state index contributed by atoms with van der Waals surface area (Å²) in [6.45, 7) is 0. The van der Waals surface area contributed by atoms with Gasteiger partial charge >= 0.3 is 0 Å². The summed E-state index contributed by atoms with van der Waals surface area (Å²) >= 11 is 12.0. The summed E-state index contributed by atoms with van der Waals surface area (Å²) in [5, 5.41) is 5.24. The number of rotatable bonds is 5. The Labute approximate surface area is 150 Å². The third-order valence-corrected chi connectivity index (χ3v) is 3.71. The van der Waals surface area contributed by atoms with Crippen LogP contribution in [0.3, 0.4) is 0 Å². The van der Waals surface area contributed by atoms with Crippen molar-refractivity contribution in [2.24, 2.45) is 5.10 Å². The zero-order chi connectivity index (χ0) is 16.8. The number of para-hydroxylation sites is 1. The van der Waals surface area contributed by atoms with Crippen LogP contribution in [0.4, 0.5) is 5.69 Å². The smallest absolute Gasteiger partial charge is 0.146 e. The van der Waals surface area contributed by atoms with Gasteiger partial charge in [0, 0.05) is 5.02 Å². The fraction of sp³-hybridized carbons (Fsp3) is 0. The van der Waals surface area contributed by atoms with Crippen molar-refractivity contribution in [1.82, 2.24) is 0 Å². The fourth-order valence-electron chi connectivity index (χ4n) is 2.00. The molecule has 0 amide bonds. The number of hydrogen-bond acceptors (Lipinski definition) is 3. The second-order valence-corrected chi connectivity index (χ2v) is 5.83. The van der Waals surface area contributed by atoms with E-state index >= 15 is 0 Å². The number of anilines is 1. The van der Waals surface area contributed by atoms with Gasteiger partial charge in [-0.05, 0) is 60.2 Å². The molecular formula is C19H14Cl2N2O. The molecule has 0 aliphatic carbocycles. The minimum Gasteiger partial charge on any atom is -0.456 e. The first-order chi connectivity index (χ1) is 11.7. The maximum atomic E-state index is 6.10. The van der Waals surface area contributed by atoms with Crippen LogP contribution in [-0.4, -0.2) is 6.21 Å². The minimum atomic E-state index is 0.472. The average Bonchev–Trinajstić information content (AvgIpc) is 2.60. The highest BCUT2D eigenvalue weighted by atomic mass is 35.5. The zero-order valence-electron chi connectivity index (χ0n) is 12.6. The molecule has 0 aromatic heterocycles. The van der Waals surface area contributed by atoms with Crippen molar-refractivity contribution in [1.29, 1.82) is 0 Å². The molecule has 0 radical (unpaired) electrons. The van der Waals surface area contributed by atoms with Crippen LogP contribution in [0.2, 0.25) is 10.0 Å². The average molecular weight is 357 g/mol. The number of nitrogens with zero attached hydrogens (tertiary/aromatic N) is 1. The molecule has 24 heavy (non-hydrogen) atoms. The van der Waals surface area contributed by atoms with Gasteiger partial charge in [-0.3, -0.25) is 5.43 Å². The van der Waals surface area contributed by atoms with Crippen LogP contribution in [0.25, 0.3) is 0 Å². The number of halogens is 2. The second kappa shape index (κ2) is 7.86. The molecule has 0 spiro atoms. The Hall–Kier alpha value is -2.49. The van der Waals surface area contributed by atoms with Crippen molar-refractivity contribution in [3.63, 3.8) is 0 Å². The van der Waals surface area contributed by atoms with E-state index in [1.54, 1.807) is 24.4 Å². The van der Waals surface area contributed by atoms with Gasteiger partial charge in [-0.1, -0.05) is 41.4 Å². The van der Waals surface area contributed by atoms with Crippen LogP contribution in [0.5, 0.6) is 11.5 Å². The number of hydrogen-bond donors (Lipinski definition) is 1. The monoisotopic (exact) mass is 356 g/mol. The number of ether oxygens (including phenoxy) is 1. The van der Waals surface area contributed by atoms with Gasteiger partial charge in [0.25, 0.3) is 0 Å². The van der Waals surface area contributed by atoms with E-state index in [1.807, 2.05) is 54.6 Å². The summed E-state index contributed by atoms with van der Waals surface area (Å²) < 4.78 is 5.74. The lowest BCUT2D eigenvalue weighted by atomic mass is 10.2. The summed E-state index contributed by atoms with van der Waals surface area (Å²) in [6, 6.07) is 22.4. The number of benzene rings is 3. The fourth-order valence-corrected chi connectivity index (χ4v) is 2.45. The van der Waals surface area contributed by atoms with Gasteiger partial charge in [0.05, 0.1) is 16.9 Å². The third kappa shape index (κ3) is 4.51. The van der Waals surface area contributed by atoms with E-state index in [2.05, 4.69) is 10.5 Å². The summed E-state index contributed by atoms with van der Waals surface area (Å²) in [6.07, 6.45) is 1.74. The summed E-state index contributed by atoms with van der Waals surface area (Å²) in [5.41, 5.74) is 4.86. The first kappa shape index (κ1) is 16.4. The standard InChI is InChI=1S/C19H14Cl2N2O/c20-15-8-11-19(18(21)12-15)24-17-9-6-14(7-10-17)13-22-23-16-4-2-1-3-5-16/h1-13,23H. The van der Waals surface area contributed by atoms with Crippen LogP contribution >= 0.6 is 23.2 Å².